The van der Waals surface area contributed by atoms with Crippen LogP contribution in [-0.4, -0.2) is 15.1 Å². The number of aryl methyl sites for hydroxylation is 1. The van der Waals surface area contributed by atoms with E-state index in [-0.39, 0.29) is 6.61 Å². The second-order valence-electron chi connectivity index (χ2n) is 3.55. The third-order valence-electron chi connectivity index (χ3n) is 2.07. The lowest BCUT2D eigenvalue weighted by Gasteiger charge is -2.07. The number of pyridine rings is 2. The molecule has 17 heavy (non-hydrogen) atoms. The molecule has 5 heteroatoms. The summed E-state index contributed by atoms with van der Waals surface area (Å²) >= 11 is 5.80. The minimum Gasteiger partial charge on any atom is -0.437 e. The topological polar surface area (TPSA) is 55.2 Å². The van der Waals surface area contributed by atoms with Crippen LogP contribution >= 0.6 is 11.6 Å². The predicted molar refractivity (Wildman–Crippen MR) is 64.2 cm³/mol. The van der Waals surface area contributed by atoms with Gasteiger partial charge in [0.2, 0.25) is 5.88 Å². The van der Waals surface area contributed by atoms with Crippen LogP contribution in [0.3, 0.4) is 0 Å². The first kappa shape index (κ1) is 11.8. The number of aromatic nitrogens is 2. The molecule has 0 fully saturated rings. The van der Waals surface area contributed by atoms with Crippen molar-refractivity contribution >= 4 is 11.6 Å². The molecule has 1 N–H and O–H groups in total. The van der Waals surface area contributed by atoms with Crippen molar-refractivity contribution in [3.63, 3.8) is 0 Å². The van der Waals surface area contributed by atoms with Gasteiger partial charge in [-0.3, -0.25) is 4.98 Å². The van der Waals surface area contributed by atoms with Crippen molar-refractivity contribution in [2.24, 2.45) is 0 Å². The summed E-state index contributed by atoms with van der Waals surface area (Å²) in [6.45, 7) is 1.79. The summed E-state index contributed by atoms with van der Waals surface area (Å²) in [7, 11) is 0. The Morgan fingerprint density at radius 1 is 1.29 bits per heavy atom. The average Bonchev–Trinajstić information content (AvgIpc) is 2.28. The lowest BCUT2D eigenvalue weighted by molar-refractivity contribution is 0.281. The van der Waals surface area contributed by atoms with E-state index in [4.69, 9.17) is 21.4 Å². The Morgan fingerprint density at radius 2 is 2.12 bits per heavy atom. The van der Waals surface area contributed by atoms with Crippen LogP contribution < -0.4 is 4.74 Å². The summed E-state index contributed by atoms with van der Waals surface area (Å²) < 4.78 is 5.51. The van der Waals surface area contributed by atoms with Gasteiger partial charge in [-0.25, -0.2) is 4.98 Å². The zero-order chi connectivity index (χ0) is 12.3. The van der Waals surface area contributed by atoms with Crippen LogP contribution in [0.5, 0.6) is 11.6 Å². The fourth-order valence-electron chi connectivity index (χ4n) is 1.42. The number of ether oxygens (including phenoxy) is 1. The molecule has 2 rings (SSSR count). The van der Waals surface area contributed by atoms with Crippen molar-refractivity contribution in [3.05, 3.63) is 46.9 Å². The summed E-state index contributed by atoms with van der Waals surface area (Å²) in [5.74, 6) is 0.928. The average molecular weight is 251 g/mol. The first-order chi connectivity index (χ1) is 8.17. The number of aliphatic hydroxyl groups is 1. The van der Waals surface area contributed by atoms with E-state index in [0.29, 0.717) is 16.7 Å². The molecule has 0 saturated carbocycles. The normalized spacial score (nSPS) is 10.3. The van der Waals surface area contributed by atoms with Crippen LogP contribution in [0.15, 0.2) is 30.6 Å². The highest BCUT2D eigenvalue weighted by Crippen LogP contribution is 2.22. The number of hydrogen-bond acceptors (Lipinski definition) is 4. The molecular formula is C12H11ClN2O2. The fraction of sp³-hybridized carbons (Fsp3) is 0.167. The Hall–Kier alpha value is -1.65. The molecule has 0 saturated heterocycles. The predicted octanol–water partition coefficient (Wildman–Crippen LogP) is 2.72. The SMILES string of the molecule is Cc1cc(CO)cc(Oc2cncc(Cl)c2)n1. The zero-order valence-electron chi connectivity index (χ0n) is 9.22. The van der Waals surface area contributed by atoms with E-state index in [1.54, 1.807) is 24.4 Å². The van der Waals surface area contributed by atoms with Gasteiger partial charge in [0.1, 0.15) is 5.75 Å². The first-order valence-electron chi connectivity index (χ1n) is 5.04. The van der Waals surface area contributed by atoms with Gasteiger partial charge < -0.3 is 9.84 Å². The van der Waals surface area contributed by atoms with Gasteiger partial charge in [0.15, 0.2) is 0 Å². The standard InChI is InChI=1S/C12H11ClN2O2/c1-8-2-9(7-16)3-12(15-8)17-11-4-10(13)5-14-6-11/h2-6,16H,7H2,1H3. The summed E-state index contributed by atoms with van der Waals surface area (Å²) in [6.07, 6.45) is 3.08. The zero-order valence-corrected chi connectivity index (χ0v) is 9.98. The Kier molecular flexibility index (Phi) is 3.56. The van der Waals surface area contributed by atoms with Crippen molar-refractivity contribution < 1.29 is 9.84 Å². The smallest absolute Gasteiger partial charge is 0.219 e. The molecule has 0 atom stereocenters. The van der Waals surface area contributed by atoms with Gasteiger partial charge in [-0.05, 0) is 18.6 Å². The largest absolute Gasteiger partial charge is 0.437 e. The Balaban J connectivity index is 2.26. The second-order valence-corrected chi connectivity index (χ2v) is 3.99. The molecule has 0 aliphatic carbocycles. The van der Waals surface area contributed by atoms with Crippen molar-refractivity contribution in [1.82, 2.24) is 9.97 Å². The van der Waals surface area contributed by atoms with Gasteiger partial charge in [0, 0.05) is 24.0 Å². The highest BCUT2D eigenvalue weighted by Gasteiger charge is 2.03. The fourth-order valence-corrected chi connectivity index (χ4v) is 1.58. The van der Waals surface area contributed by atoms with E-state index in [9.17, 15) is 0 Å². The maximum absolute atomic E-state index is 9.08. The van der Waals surface area contributed by atoms with Crippen molar-refractivity contribution in [2.45, 2.75) is 13.5 Å². The number of hydrogen-bond donors (Lipinski definition) is 1. The molecule has 88 valence electrons. The maximum atomic E-state index is 9.08. The monoisotopic (exact) mass is 250 g/mol. The Bertz CT molecular complexity index is 532. The van der Waals surface area contributed by atoms with Crippen LogP contribution in [-0.2, 0) is 6.61 Å². The molecule has 0 unspecified atom stereocenters. The van der Waals surface area contributed by atoms with Gasteiger partial charge in [-0.15, -0.1) is 0 Å². The summed E-state index contributed by atoms with van der Waals surface area (Å²) in [6, 6.07) is 5.12. The van der Waals surface area contributed by atoms with E-state index >= 15 is 0 Å². The third-order valence-corrected chi connectivity index (χ3v) is 2.28. The van der Waals surface area contributed by atoms with E-state index < -0.39 is 0 Å². The molecule has 0 aliphatic rings. The van der Waals surface area contributed by atoms with Gasteiger partial charge in [0.05, 0.1) is 17.8 Å². The van der Waals surface area contributed by atoms with Crippen LogP contribution in [0.1, 0.15) is 11.3 Å². The van der Waals surface area contributed by atoms with Crippen molar-refractivity contribution in [1.29, 1.82) is 0 Å². The molecule has 0 spiro atoms. The molecule has 2 aromatic rings. The van der Waals surface area contributed by atoms with E-state index in [1.807, 2.05) is 6.92 Å². The summed E-state index contributed by atoms with van der Waals surface area (Å²) in [5, 5.41) is 9.58. The highest BCUT2D eigenvalue weighted by molar-refractivity contribution is 6.30. The molecule has 0 bridgehead atoms. The van der Waals surface area contributed by atoms with E-state index in [1.165, 1.54) is 6.20 Å². The molecular weight excluding hydrogens is 240 g/mol. The highest BCUT2D eigenvalue weighted by atomic mass is 35.5. The van der Waals surface area contributed by atoms with Gasteiger partial charge >= 0.3 is 0 Å². The van der Waals surface area contributed by atoms with Crippen LogP contribution in [0.2, 0.25) is 5.02 Å². The molecule has 4 nitrogen and oxygen atoms in total. The van der Waals surface area contributed by atoms with Crippen LogP contribution in [0.25, 0.3) is 0 Å². The third kappa shape index (κ3) is 3.15. The maximum Gasteiger partial charge on any atom is 0.219 e. The molecule has 2 heterocycles. The minimum absolute atomic E-state index is 0.0481. The quantitative estimate of drug-likeness (QED) is 0.910. The van der Waals surface area contributed by atoms with Crippen molar-refractivity contribution in [2.75, 3.05) is 0 Å². The Labute approximate surface area is 104 Å². The van der Waals surface area contributed by atoms with Gasteiger partial charge in [0.25, 0.3) is 0 Å². The Morgan fingerprint density at radius 3 is 2.82 bits per heavy atom. The lowest BCUT2D eigenvalue weighted by Crippen LogP contribution is -1.94. The molecule has 2 aromatic heterocycles. The minimum atomic E-state index is -0.0481. The van der Waals surface area contributed by atoms with Crippen LogP contribution in [0, 0.1) is 6.92 Å². The van der Waals surface area contributed by atoms with Crippen molar-refractivity contribution in [3.8, 4) is 11.6 Å². The second kappa shape index (κ2) is 5.12. The van der Waals surface area contributed by atoms with E-state index in [2.05, 4.69) is 9.97 Å². The molecule has 0 aromatic carbocycles. The number of nitrogens with zero attached hydrogens (tertiary/aromatic N) is 2. The number of rotatable bonds is 3. The lowest BCUT2D eigenvalue weighted by atomic mass is 10.2. The van der Waals surface area contributed by atoms with Gasteiger partial charge in [-0.2, -0.15) is 0 Å². The molecule has 0 radical (unpaired) electrons. The molecule has 0 amide bonds. The van der Waals surface area contributed by atoms with Crippen LogP contribution in [0.4, 0.5) is 0 Å². The van der Waals surface area contributed by atoms with E-state index in [0.717, 1.165) is 11.3 Å². The number of aliphatic hydroxyl groups excluding tert-OH is 1. The number of halogens is 1. The first-order valence-corrected chi connectivity index (χ1v) is 5.42. The summed E-state index contributed by atoms with van der Waals surface area (Å²) in [5.41, 5.74) is 1.53. The summed E-state index contributed by atoms with van der Waals surface area (Å²) in [4.78, 5) is 8.11. The molecule has 0 aliphatic heterocycles. The van der Waals surface area contributed by atoms with Gasteiger partial charge in [-0.1, -0.05) is 11.6 Å².